The molecule has 23 heavy (non-hydrogen) atoms. The molecule has 5 heteroatoms. The Morgan fingerprint density at radius 1 is 1.26 bits per heavy atom. The lowest BCUT2D eigenvalue weighted by molar-refractivity contribution is 0.618. The maximum atomic E-state index is 14.1. The van der Waals surface area contributed by atoms with Gasteiger partial charge in [0.1, 0.15) is 5.82 Å². The fraction of sp³-hybridized carbons (Fsp3) is 0.278. The Morgan fingerprint density at radius 2 is 2.00 bits per heavy atom. The lowest BCUT2D eigenvalue weighted by atomic mass is 10.1. The third-order valence-corrected chi connectivity index (χ3v) is 3.71. The number of nitrogens with zero attached hydrogens (tertiary/aromatic N) is 2. The quantitative estimate of drug-likeness (QED) is 0.584. The van der Waals surface area contributed by atoms with Crippen LogP contribution in [0.4, 0.5) is 15.8 Å². The van der Waals surface area contributed by atoms with E-state index in [2.05, 4.69) is 10.4 Å². The summed E-state index contributed by atoms with van der Waals surface area (Å²) >= 11 is 6.10. The topological polar surface area (TPSA) is 27.6 Å². The molecule has 2 aromatic rings. The molecule has 0 bridgehead atoms. The van der Waals surface area contributed by atoms with Crippen LogP contribution in [0, 0.1) is 5.82 Å². The summed E-state index contributed by atoms with van der Waals surface area (Å²) in [5.74, 6) is -0.280. The Bertz CT molecular complexity index is 700. The van der Waals surface area contributed by atoms with Gasteiger partial charge in [-0.05, 0) is 43.7 Å². The van der Waals surface area contributed by atoms with Gasteiger partial charge in [-0.25, -0.2) is 4.39 Å². The molecule has 0 atom stereocenters. The molecular weight excluding hydrogens is 313 g/mol. The van der Waals surface area contributed by atoms with Gasteiger partial charge in [-0.3, -0.25) is 5.01 Å². The molecule has 2 aromatic carbocycles. The first-order valence-corrected chi connectivity index (χ1v) is 7.99. The van der Waals surface area contributed by atoms with Crippen LogP contribution >= 0.6 is 11.6 Å². The molecule has 1 N–H and O–H groups in total. The van der Waals surface area contributed by atoms with Crippen LogP contribution in [0.15, 0.2) is 47.6 Å². The maximum Gasteiger partial charge on any atom is 0.148 e. The summed E-state index contributed by atoms with van der Waals surface area (Å²) in [6.45, 7) is 4.57. The second kappa shape index (κ2) is 7.97. The summed E-state index contributed by atoms with van der Waals surface area (Å²) in [7, 11) is 1.85. The van der Waals surface area contributed by atoms with Crippen molar-refractivity contribution in [1.29, 1.82) is 0 Å². The van der Waals surface area contributed by atoms with Gasteiger partial charge >= 0.3 is 0 Å². The van der Waals surface area contributed by atoms with Crippen molar-refractivity contribution >= 4 is 28.7 Å². The van der Waals surface area contributed by atoms with E-state index in [-0.39, 0.29) is 5.82 Å². The average molecular weight is 334 g/mol. The minimum absolute atomic E-state index is 0.280. The normalized spacial score (nSPS) is 11.4. The van der Waals surface area contributed by atoms with Crippen LogP contribution < -0.4 is 10.3 Å². The second-order valence-electron chi connectivity index (χ2n) is 5.20. The average Bonchev–Trinajstić information content (AvgIpc) is 2.55. The number of hydrogen-bond donors (Lipinski definition) is 1. The molecule has 0 fully saturated rings. The number of hydrogen-bond acceptors (Lipinski definition) is 3. The fourth-order valence-corrected chi connectivity index (χ4v) is 2.54. The van der Waals surface area contributed by atoms with Crippen LogP contribution in [0.1, 0.15) is 25.8 Å². The van der Waals surface area contributed by atoms with Crippen LogP contribution in [-0.2, 0) is 0 Å². The molecule has 0 aliphatic rings. The van der Waals surface area contributed by atoms with Crippen molar-refractivity contribution < 1.29 is 4.39 Å². The zero-order valence-corrected chi connectivity index (χ0v) is 14.4. The summed E-state index contributed by atoms with van der Waals surface area (Å²) in [6.07, 6.45) is 0.861. The van der Waals surface area contributed by atoms with Crippen molar-refractivity contribution in [2.24, 2.45) is 5.10 Å². The molecule has 0 saturated heterocycles. The molecule has 122 valence electrons. The SMILES string of the molecule is CCCN(/N=C(/C)c1cc(Cl)ccc1NC)c1ccccc1F. The summed E-state index contributed by atoms with van der Waals surface area (Å²) in [4.78, 5) is 0. The zero-order valence-electron chi connectivity index (χ0n) is 13.6. The summed E-state index contributed by atoms with van der Waals surface area (Å²) in [6, 6.07) is 12.3. The molecule has 0 spiro atoms. The van der Waals surface area contributed by atoms with Gasteiger partial charge in [-0.1, -0.05) is 30.7 Å². The van der Waals surface area contributed by atoms with Crippen molar-refractivity contribution in [2.45, 2.75) is 20.3 Å². The van der Waals surface area contributed by atoms with E-state index in [1.54, 1.807) is 17.1 Å². The smallest absolute Gasteiger partial charge is 0.148 e. The number of anilines is 2. The van der Waals surface area contributed by atoms with Crippen molar-refractivity contribution in [3.63, 3.8) is 0 Å². The van der Waals surface area contributed by atoms with E-state index in [1.165, 1.54) is 6.07 Å². The third kappa shape index (κ3) is 4.23. The number of para-hydroxylation sites is 1. The summed E-state index contributed by atoms with van der Waals surface area (Å²) in [5, 5.41) is 10.1. The predicted octanol–water partition coefficient (Wildman–Crippen LogP) is 5.16. The first kappa shape index (κ1) is 17.3. The highest BCUT2D eigenvalue weighted by atomic mass is 35.5. The highest BCUT2D eigenvalue weighted by Crippen LogP contribution is 2.24. The lowest BCUT2D eigenvalue weighted by Gasteiger charge is -2.21. The third-order valence-electron chi connectivity index (χ3n) is 3.48. The highest BCUT2D eigenvalue weighted by Gasteiger charge is 2.12. The minimum Gasteiger partial charge on any atom is -0.388 e. The zero-order chi connectivity index (χ0) is 16.8. The second-order valence-corrected chi connectivity index (χ2v) is 5.64. The van der Waals surface area contributed by atoms with Gasteiger partial charge in [0.05, 0.1) is 11.4 Å². The standard InChI is InChI=1S/C18H21ClFN3/c1-4-11-23(18-8-6-5-7-16(18)20)22-13(2)15-12-14(19)9-10-17(15)21-3/h5-10,12,21H,4,11H2,1-3H3/b22-13-. The fourth-order valence-electron chi connectivity index (χ4n) is 2.37. The van der Waals surface area contributed by atoms with E-state index in [0.29, 0.717) is 17.3 Å². The van der Waals surface area contributed by atoms with Crippen molar-refractivity contribution in [3.8, 4) is 0 Å². The van der Waals surface area contributed by atoms with Crippen molar-refractivity contribution in [3.05, 3.63) is 58.9 Å². The number of halogens is 2. The van der Waals surface area contributed by atoms with E-state index in [1.807, 2.05) is 45.2 Å². The first-order valence-electron chi connectivity index (χ1n) is 7.61. The molecule has 2 rings (SSSR count). The Hall–Kier alpha value is -2.07. The molecular formula is C18H21ClFN3. The minimum atomic E-state index is -0.280. The Labute approximate surface area is 141 Å². The Morgan fingerprint density at radius 3 is 2.65 bits per heavy atom. The molecule has 0 aliphatic heterocycles. The van der Waals surface area contributed by atoms with Gasteiger partial charge in [0.25, 0.3) is 0 Å². The van der Waals surface area contributed by atoms with E-state index in [0.717, 1.165) is 23.4 Å². The predicted molar refractivity (Wildman–Crippen MR) is 97.2 cm³/mol. The lowest BCUT2D eigenvalue weighted by Crippen LogP contribution is -2.21. The summed E-state index contributed by atoms with van der Waals surface area (Å²) < 4.78 is 14.1. The molecule has 0 aliphatic carbocycles. The monoisotopic (exact) mass is 333 g/mol. The Balaban J connectivity index is 2.43. The Kier molecular flexibility index (Phi) is 5.99. The molecule has 0 amide bonds. The van der Waals surface area contributed by atoms with Crippen LogP contribution in [0.25, 0.3) is 0 Å². The number of hydrazone groups is 1. The summed E-state index contributed by atoms with van der Waals surface area (Å²) in [5.41, 5.74) is 3.08. The van der Waals surface area contributed by atoms with Gasteiger partial charge in [0.15, 0.2) is 0 Å². The number of benzene rings is 2. The van der Waals surface area contributed by atoms with Crippen LogP contribution in [0.3, 0.4) is 0 Å². The maximum absolute atomic E-state index is 14.1. The van der Waals surface area contributed by atoms with Gasteiger partial charge in [0.2, 0.25) is 0 Å². The van der Waals surface area contributed by atoms with Gasteiger partial charge in [-0.2, -0.15) is 5.10 Å². The van der Waals surface area contributed by atoms with E-state index < -0.39 is 0 Å². The van der Waals surface area contributed by atoms with Crippen LogP contribution in [0.2, 0.25) is 5.02 Å². The molecule has 0 saturated carbocycles. The van der Waals surface area contributed by atoms with E-state index >= 15 is 0 Å². The highest BCUT2D eigenvalue weighted by molar-refractivity contribution is 6.31. The van der Waals surface area contributed by atoms with Crippen LogP contribution in [-0.4, -0.2) is 19.3 Å². The van der Waals surface area contributed by atoms with Crippen LogP contribution in [0.5, 0.6) is 0 Å². The van der Waals surface area contributed by atoms with Gasteiger partial charge < -0.3 is 5.32 Å². The molecule has 0 unspecified atom stereocenters. The van der Waals surface area contributed by atoms with E-state index in [9.17, 15) is 4.39 Å². The molecule has 0 radical (unpaired) electrons. The largest absolute Gasteiger partial charge is 0.388 e. The number of nitrogens with one attached hydrogen (secondary N) is 1. The van der Waals surface area contributed by atoms with E-state index in [4.69, 9.17) is 11.6 Å². The molecule has 0 heterocycles. The molecule has 0 aromatic heterocycles. The van der Waals surface area contributed by atoms with Gasteiger partial charge in [0, 0.05) is 29.9 Å². The van der Waals surface area contributed by atoms with Gasteiger partial charge in [-0.15, -0.1) is 0 Å². The van der Waals surface area contributed by atoms with Crippen molar-refractivity contribution in [1.82, 2.24) is 0 Å². The molecule has 3 nitrogen and oxygen atoms in total. The van der Waals surface area contributed by atoms with Crippen molar-refractivity contribution in [2.75, 3.05) is 23.9 Å². The first-order chi connectivity index (χ1) is 11.1. The number of rotatable bonds is 6.